The Hall–Kier alpha value is -1.69. The molecule has 0 bridgehead atoms. The second-order valence-corrected chi connectivity index (χ2v) is 8.42. The fourth-order valence-corrected chi connectivity index (χ4v) is 4.83. The highest BCUT2D eigenvalue weighted by atomic mass is 32.2. The molecule has 0 radical (unpaired) electrons. The van der Waals surface area contributed by atoms with E-state index in [4.69, 9.17) is 0 Å². The Labute approximate surface area is 141 Å². The molecule has 1 atom stereocenters. The summed E-state index contributed by atoms with van der Waals surface area (Å²) in [7, 11) is -3.48. The third-order valence-electron chi connectivity index (χ3n) is 3.77. The first-order valence-corrected chi connectivity index (χ1v) is 9.86. The fraction of sp³-hybridized carbons (Fsp3) is 0.222. The van der Waals surface area contributed by atoms with Crippen LogP contribution in [0.2, 0.25) is 0 Å². The normalized spacial score (nSPS) is 13.3. The van der Waals surface area contributed by atoms with Crippen LogP contribution in [0.3, 0.4) is 0 Å². The Morgan fingerprint density at radius 1 is 1.09 bits per heavy atom. The first-order valence-electron chi connectivity index (χ1n) is 7.50. The van der Waals surface area contributed by atoms with Crippen LogP contribution in [0.5, 0.6) is 0 Å². The van der Waals surface area contributed by atoms with Crippen molar-refractivity contribution in [3.63, 3.8) is 0 Å². The first-order chi connectivity index (χ1) is 11.0. The molecule has 5 heteroatoms. The van der Waals surface area contributed by atoms with Crippen molar-refractivity contribution in [2.75, 3.05) is 0 Å². The number of hydrogen-bond acceptors (Lipinski definition) is 3. The number of rotatable bonds is 5. The number of hydrogen-bond donors (Lipinski definition) is 1. The number of aryl methyl sites for hydroxylation is 1. The summed E-state index contributed by atoms with van der Waals surface area (Å²) in [5.41, 5.74) is 2.23. The van der Waals surface area contributed by atoms with Crippen molar-refractivity contribution in [1.29, 1.82) is 0 Å². The molecule has 0 fully saturated rings. The van der Waals surface area contributed by atoms with E-state index >= 15 is 0 Å². The van der Waals surface area contributed by atoms with Gasteiger partial charge in [-0.25, -0.2) is 13.1 Å². The highest BCUT2D eigenvalue weighted by molar-refractivity contribution is 7.89. The first kappa shape index (κ1) is 16.2. The molecule has 120 valence electrons. The van der Waals surface area contributed by atoms with Crippen molar-refractivity contribution < 1.29 is 8.42 Å². The largest absolute Gasteiger partial charge is 0.240 e. The molecule has 0 saturated carbocycles. The van der Waals surface area contributed by atoms with E-state index in [1.165, 1.54) is 15.6 Å². The topological polar surface area (TPSA) is 46.2 Å². The summed E-state index contributed by atoms with van der Waals surface area (Å²) in [6.45, 7) is 3.84. The molecule has 1 heterocycles. The number of nitrogens with one attached hydrogen (secondary N) is 1. The molecule has 0 saturated heterocycles. The molecular weight excluding hydrogens is 326 g/mol. The maximum Gasteiger partial charge on any atom is 0.240 e. The smallest absolute Gasteiger partial charge is 0.208 e. The van der Waals surface area contributed by atoms with Crippen LogP contribution in [0, 0.1) is 6.92 Å². The van der Waals surface area contributed by atoms with Crippen molar-refractivity contribution in [1.82, 2.24) is 4.72 Å². The minimum atomic E-state index is -3.48. The van der Waals surface area contributed by atoms with Gasteiger partial charge in [-0.2, -0.15) is 0 Å². The van der Waals surface area contributed by atoms with Crippen LogP contribution in [-0.4, -0.2) is 14.5 Å². The number of thiophene rings is 1. The van der Waals surface area contributed by atoms with Crippen LogP contribution in [0.15, 0.2) is 58.8 Å². The average Bonchev–Trinajstić information content (AvgIpc) is 2.90. The second kappa shape index (κ2) is 6.43. The molecular formula is C18H19NO2S2. The Balaban J connectivity index is 1.76. The highest BCUT2D eigenvalue weighted by Crippen LogP contribution is 2.26. The van der Waals surface area contributed by atoms with Crippen LogP contribution >= 0.6 is 11.3 Å². The minimum Gasteiger partial charge on any atom is -0.208 e. The Kier molecular flexibility index (Phi) is 4.53. The van der Waals surface area contributed by atoms with Gasteiger partial charge in [0.15, 0.2) is 0 Å². The molecule has 3 aromatic rings. The van der Waals surface area contributed by atoms with Crippen LogP contribution in [0.1, 0.15) is 18.1 Å². The molecule has 2 aromatic carbocycles. The third-order valence-corrected chi connectivity index (χ3v) is 6.39. The van der Waals surface area contributed by atoms with E-state index in [0.717, 1.165) is 5.56 Å². The fourth-order valence-electron chi connectivity index (χ4n) is 2.61. The quantitative estimate of drug-likeness (QED) is 0.756. The van der Waals surface area contributed by atoms with Crippen molar-refractivity contribution in [3.05, 3.63) is 65.0 Å². The van der Waals surface area contributed by atoms with Crippen molar-refractivity contribution in [2.24, 2.45) is 0 Å². The predicted molar refractivity (Wildman–Crippen MR) is 96.5 cm³/mol. The lowest BCUT2D eigenvalue weighted by Crippen LogP contribution is -2.34. The summed E-state index contributed by atoms with van der Waals surface area (Å²) in [5, 5.41) is 3.32. The summed E-state index contributed by atoms with van der Waals surface area (Å²) in [6, 6.07) is 14.9. The zero-order valence-corrected chi connectivity index (χ0v) is 14.7. The van der Waals surface area contributed by atoms with Crippen LogP contribution in [0.25, 0.3) is 10.1 Å². The number of sulfonamides is 1. The monoisotopic (exact) mass is 345 g/mol. The molecule has 0 spiro atoms. The van der Waals surface area contributed by atoms with Gasteiger partial charge in [0.05, 0.1) is 4.90 Å². The maximum atomic E-state index is 12.4. The number of fused-ring (bicyclic) bond motifs is 1. The minimum absolute atomic E-state index is 0.167. The summed E-state index contributed by atoms with van der Waals surface area (Å²) in [6.07, 6.45) is 0.676. The van der Waals surface area contributed by atoms with Crippen LogP contribution in [-0.2, 0) is 16.4 Å². The Bertz CT molecular complexity index is 912. The Morgan fingerprint density at radius 2 is 1.78 bits per heavy atom. The van der Waals surface area contributed by atoms with Crippen molar-refractivity contribution in [2.45, 2.75) is 31.2 Å². The van der Waals surface area contributed by atoms with Gasteiger partial charge in [0.25, 0.3) is 0 Å². The van der Waals surface area contributed by atoms with E-state index in [2.05, 4.69) is 22.2 Å². The molecule has 0 aliphatic rings. The van der Waals surface area contributed by atoms with Gasteiger partial charge in [-0.05, 0) is 54.8 Å². The standard InChI is InChI=1S/C18H19NO2S2/c1-13-7-9-16(10-8-13)23(20,21)19-14(2)11-15-12-22-18-6-4-3-5-17(15)18/h3-10,12,14,19H,11H2,1-2H3. The Morgan fingerprint density at radius 3 is 2.52 bits per heavy atom. The molecule has 3 rings (SSSR count). The van der Waals surface area contributed by atoms with E-state index in [9.17, 15) is 8.42 Å². The molecule has 0 aliphatic carbocycles. The molecule has 1 N–H and O–H groups in total. The predicted octanol–water partition coefficient (Wildman–Crippen LogP) is 4.12. The molecule has 3 nitrogen and oxygen atoms in total. The zero-order valence-electron chi connectivity index (χ0n) is 13.1. The SMILES string of the molecule is Cc1ccc(S(=O)(=O)NC(C)Cc2csc3ccccc23)cc1. The van der Waals surface area contributed by atoms with Gasteiger partial charge >= 0.3 is 0 Å². The van der Waals surface area contributed by atoms with Gasteiger partial charge in [0, 0.05) is 10.7 Å². The van der Waals surface area contributed by atoms with Gasteiger partial charge in [-0.1, -0.05) is 35.9 Å². The second-order valence-electron chi connectivity index (χ2n) is 5.80. The summed E-state index contributed by atoms with van der Waals surface area (Å²) < 4.78 is 28.9. The zero-order chi connectivity index (χ0) is 16.4. The molecule has 1 unspecified atom stereocenters. The van der Waals surface area contributed by atoms with Crippen molar-refractivity contribution in [3.8, 4) is 0 Å². The van der Waals surface area contributed by atoms with E-state index in [0.29, 0.717) is 11.3 Å². The summed E-state index contributed by atoms with van der Waals surface area (Å²) in [4.78, 5) is 0.310. The van der Waals surface area contributed by atoms with Gasteiger partial charge < -0.3 is 0 Å². The van der Waals surface area contributed by atoms with E-state index in [1.807, 2.05) is 38.1 Å². The molecule has 0 amide bonds. The van der Waals surface area contributed by atoms with E-state index in [1.54, 1.807) is 23.5 Å². The summed E-state index contributed by atoms with van der Waals surface area (Å²) in [5.74, 6) is 0. The average molecular weight is 345 g/mol. The lowest BCUT2D eigenvalue weighted by Gasteiger charge is -2.14. The lowest BCUT2D eigenvalue weighted by atomic mass is 10.1. The maximum absolute atomic E-state index is 12.4. The van der Waals surface area contributed by atoms with Crippen molar-refractivity contribution >= 4 is 31.4 Å². The van der Waals surface area contributed by atoms with Gasteiger partial charge in [-0.15, -0.1) is 11.3 Å². The number of benzene rings is 2. The highest BCUT2D eigenvalue weighted by Gasteiger charge is 2.18. The molecule has 0 aliphatic heterocycles. The van der Waals surface area contributed by atoms with Gasteiger partial charge in [0.1, 0.15) is 0 Å². The van der Waals surface area contributed by atoms with Gasteiger partial charge in [0.2, 0.25) is 10.0 Å². The third kappa shape index (κ3) is 3.63. The lowest BCUT2D eigenvalue weighted by molar-refractivity contribution is 0.560. The van der Waals surface area contributed by atoms with Gasteiger partial charge in [-0.3, -0.25) is 0 Å². The summed E-state index contributed by atoms with van der Waals surface area (Å²) >= 11 is 1.69. The van der Waals surface area contributed by atoms with Crippen LogP contribution in [0.4, 0.5) is 0 Å². The van der Waals surface area contributed by atoms with E-state index < -0.39 is 10.0 Å². The molecule has 23 heavy (non-hydrogen) atoms. The van der Waals surface area contributed by atoms with E-state index in [-0.39, 0.29) is 6.04 Å². The molecule has 1 aromatic heterocycles. The van der Waals surface area contributed by atoms with Crippen LogP contribution < -0.4 is 4.72 Å².